The average Bonchev–Trinajstić information content (AvgIpc) is 3.25. The van der Waals surface area contributed by atoms with E-state index in [0.29, 0.717) is 16.9 Å². The summed E-state index contributed by atoms with van der Waals surface area (Å²) in [5, 5.41) is 7.28. The molecule has 0 spiro atoms. The van der Waals surface area contributed by atoms with Crippen molar-refractivity contribution in [1.82, 2.24) is 4.98 Å². The lowest BCUT2D eigenvalue weighted by atomic mass is 10.2. The third-order valence-electron chi connectivity index (χ3n) is 3.03. The zero-order chi connectivity index (χ0) is 16.2. The summed E-state index contributed by atoms with van der Waals surface area (Å²) in [4.78, 5) is 29.0. The first-order valence-electron chi connectivity index (χ1n) is 6.66. The molecule has 3 rings (SSSR count). The van der Waals surface area contributed by atoms with Gasteiger partial charge in [-0.15, -0.1) is 22.7 Å². The largest absolute Gasteiger partial charge is 0.465 e. The Balaban J connectivity index is 1.71. The van der Waals surface area contributed by atoms with Gasteiger partial charge in [-0.3, -0.25) is 4.79 Å². The van der Waals surface area contributed by atoms with Crippen LogP contribution in [0.3, 0.4) is 0 Å². The third kappa shape index (κ3) is 3.46. The molecule has 1 amide bonds. The number of hydrogen-bond acceptors (Lipinski definition) is 6. The van der Waals surface area contributed by atoms with Gasteiger partial charge >= 0.3 is 5.97 Å². The van der Waals surface area contributed by atoms with E-state index in [2.05, 4.69) is 15.0 Å². The van der Waals surface area contributed by atoms with Crippen LogP contribution in [0.4, 0.5) is 5.69 Å². The first-order valence-corrected chi connectivity index (χ1v) is 8.42. The molecule has 1 aromatic carbocycles. The Morgan fingerprint density at radius 2 is 1.91 bits per heavy atom. The number of nitrogens with one attached hydrogen (secondary N) is 1. The van der Waals surface area contributed by atoms with E-state index in [0.717, 1.165) is 9.88 Å². The van der Waals surface area contributed by atoms with E-state index < -0.39 is 5.97 Å². The van der Waals surface area contributed by atoms with Crippen LogP contribution in [0.15, 0.2) is 47.2 Å². The Hall–Kier alpha value is -2.51. The summed E-state index contributed by atoms with van der Waals surface area (Å²) >= 11 is 3.02. The number of rotatable bonds is 4. The predicted molar refractivity (Wildman–Crippen MR) is 91.2 cm³/mol. The molecule has 1 N–H and O–H groups in total. The highest BCUT2D eigenvalue weighted by Crippen LogP contribution is 2.28. The Kier molecular flexibility index (Phi) is 4.50. The van der Waals surface area contributed by atoms with E-state index in [4.69, 9.17) is 0 Å². The van der Waals surface area contributed by atoms with Crippen molar-refractivity contribution in [3.63, 3.8) is 0 Å². The standard InChI is InChI=1S/C16H12N2O3S2/c1-21-16(20)10-4-6-11(7-5-10)17-14(19)12-9-23-15(18-12)13-3-2-8-22-13/h2-9H,1H3,(H,17,19). The summed E-state index contributed by atoms with van der Waals surface area (Å²) in [6.45, 7) is 0. The number of methoxy groups -OCH3 is 1. The first kappa shape index (κ1) is 15.4. The molecule has 5 nitrogen and oxygen atoms in total. The third-order valence-corrected chi connectivity index (χ3v) is 4.91. The van der Waals surface area contributed by atoms with Gasteiger partial charge in [0, 0.05) is 11.1 Å². The molecule has 0 radical (unpaired) electrons. The number of carbonyl (C=O) groups is 2. The van der Waals surface area contributed by atoms with Crippen molar-refractivity contribution in [2.75, 3.05) is 12.4 Å². The maximum atomic E-state index is 12.2. The van der Waals surface area contributed by atoms with Gasteiger partial charge in [-0.2, -0.15) is 0 Å². The number of hydrogen-bond donors (Lipinski definition) is 1. The lowest BCUT2D eigenvalue weighted by molar-refractivity contribution is 0.0600. The number of aromatic nitrogens is 1. The van der Waals surface area contributed by atoms with Crippen LogP contribution in [0.1, 0.15) is 20.8 Å². The fourth-order valence-electron chi connectivity index (χ4n) is 1.89. The predicted octanol–water partition coefficient (Wildman–Crippen LogP) is 3.91. The van der Waals surface area contributed by atoms with Crippen molar-refractivity contribution in [3.05, 3.63) is 58.4 Å². The van der Waals surface area contributed by atoms with Crippen molar-refractivity contribution in [1.29, 1.82) is 0 Å². The Bertz CT molecular complexity index is 823. The van der Waals surface area contributed by atoms with Gasteiger partial charge < -0.3 is 10.1 Å². The van der Waals surface area contributed by atoms with E-state index in [1.165, 1.54) is 18.4 Å². The van der Waals surface area contributed by atoms with Crippen molar-refractivity contribution < 1.29 is 14.3 Å². The zero-order valence-corrected chi connectivity index (χ0v) is 13.7. The molecule has 3 aromatic rings. The number of ether oxygens (including phenoxy) is 1. The minimum absolute atomic E-state index is 0.283. The molecule has 0 unspecified atom stereocenters. The minimum Gasteiger partial charge on any atom is -0.465 e. The lowest BCUT2D eigenvalue weighted by Crippen LogP contribution is -2.12. The number of nitrogens with zero attached hydrogens (tertiary/aromatic N) is 1. The quantitative estimate of drug-likeness (QED) is 0.729. The topological polar surface area (TPSA) is 68.3 Å². The summed E-state index contributed by atoms with van der Waals surface area (Å²) < 4.78 is 4.63. The summed E-state index contributed by atoms with van der Waals surface area (Å²) in [6, 6.07) is 10.4. The fourth-order valence-corrected chi connectivity index (χ4v) is 3.51. The Morgan fingerprint density at radius 3 is 2.57 bits per heavy atom. The highest BCUT2D eigenvalue weighted by atomic mass is 32.1. The Morgan fingerprint density at radius 1 is 1.13 bits per heavy atom. The van der Waals surface area contributed by atoms with Gasteiger partial charge in [0.1, 0.15) is 10.7 Å². The number of esters is 1. The van der Waals surface area contributed by atoms with Crippen molar-refractivity contribution in [2.45, 2.75) is 0 Å². The average molecular weight is 344 g/mol. The highest BCUT2D eigenvalue weighted by Gasteiger charge is 2.13. The van der Waals surface area contributed by atoms with Crippen LogP contribution in [-0.4, -0.2) is 24.0 Å². The molecular weight excluding hydrogens is 332 g/mol. The van der Waals surface area contributed by atoms with E-state index >= 15 is 0 Å². The van der Waals surface area contributed by atoms with Gasteiger partial charge in [-0.25, -0.2) is 9.78 Å². The monoisotopic (exact) mass is 344 g/mol. The molecule has 116 valence electrons. The summed E-state index contributed by atoms with van der Waals surface area (Å²) in [5.41, 5.74) is 1.39. The number of anilines is 1. The maximum Gasteiger partial charge on any atom is 0.337 e. The molecule has 0 aliphatic rings. The van der Waals surface area contributed by atoms with E-state index in [1.54, 1.807) is 41.0 Å². The second kappa shape index (κ2) is 6.72. The molecule has 0 aliphatic heterocycles. The molecule has 0 atom stereocenters. The molecule has 2 aromatic heterocycles. The van der Waals surface area contributed by atoms with Crippen LogP contribution in [0.25, 0.3) is 9.88 Å². The van der Waals surface area contributed by atoms with Crippen LogP contribution in [0.5, 0.6) is 0 Å². The molecule has 23 heavy (non-hydrogen) atoms. The maximum absolute atomic E-state index is 12.2. The van der Waals surface area contributed by atoms with Crippen molar-refractivity contribution in [2.24, 2.45) is 0 Å². The second-order valence-electron chi connectivity index (χ2n) is 4.54. The van der Waals surface area contributed by atoms with Crippen molar-refractivity contribution in [3.8, 4) is 9.88 Å². The molecule has 0 aliphatic carbocycles. The fraction of sp³-hybridized carbons (Fsp3) is 0.0625. The van der Waals surface area contributed by atoms with Gasteiger partial charge in [0.05, 0.1) is 17.6 Å². The van der Waals surface area contributed by atoms with Crippen LogP contribution in [0.2, 0.25) is 0 Å². The van der Waals surface area contributed by atoms with Gasteiger partial charge in [0.2, 0.25) is 0 Å². The van der Waals surface area contributed by atoms with Gasteiger partial charge in [-0.1, -0.05) is 6.07 Å². The SMILES string of the molecule is COC(=O)c1ccc(NC(=O)c2csc(-c3cccs3)n2)cc1. The lowest BCUT2D eigenvalue weighted by Gasteiger charge is -2.04. The van der Waals surface area contributed by atoms with Crippen LogP contribution in [-0.2, 0) is 4.74 Å². The molecule has 0 saturated heterocycles. The zero-order valence-electron chi connectivity index (χ0n) is 12.1. The van der Waals surface area contributed by atoms with Crippen molar-refractivity contribution >= 4 is 40.2 Å². The number of benzene rings is 1. The number of carbonyl (C=O) groups excluding carboxylic acids is 2. The van der Waals surface area contributed by atoms with Gasteiger partial charge in [-0.05, 0) is 35.7 Å². The van der Waals surface area contributed by atoms with Gasteiger partial charge in [0.25, 0.3) is 5.91 Å². The minimum atomic E-state index is -0.414. The summed E-state index contributed by atoms with van der Waals surface area (Å²) in [6.07, 6.45) is 0. The number of thiazole rings is 1. The van der Waals surface area contributed by atoms with E-state index in [-0.39, 0.29) is 5.91 Å². The number of thiophene rings is 1. The molecule has 0 saturated carbocycles. The molecule has 0 fully saturated rings. The summed E-state index contributed by atoms with van der Waals surface area (Å²) in [7, 11) is 1.32. The number of amides is 1. The smallest absolute Gasteiger partial charge is 0.337 e. The molecular formula is C16H12N2O3S2. The summed E-state index contributed by atoms with van der Waals surface area (Å²) in [5.74, 6) is -0.696. The highest BCUT2D eigenvalue weighted by molar-refractivity contribution is 7.20. The van der Waals surface area contributed by atoms with Crippen LogP contribution >= 0.6 is 22.7 Å². The van der Waals surface area contributed by atoms with Gasteiger partial charge in [0.15, 0.2) is 0 Å². The first-order chi connectivity index (χ1) is 11.2. The normalized spacial score (nSPS) is 10.3. The molecule has 0 bridgehead atoms. The van der Waals surface area contributed by atoms with E-state index in [1.807, 2.05) is 17.5 Å². The molecule has 2 heterocycles. The van der Waals surface area contributed by atoms with E-state index in [9.17, 15) is 9.59 Å². The second-order valence-corrected chi connectivity index (χ2v) is 6.34. The van der Waals surface area contributed by atoms with Crippen LogP contribution < -0.4 is 5.32 Å². The van der Waals surface area contributed by atoms with Crippen LogP contribution in [0, 0.1) is 0 Å². The Labute approximate surface area is 140 Å². The molecule has 7 heteroatoms.